The zero-order chi connectivity index (χ0) is 14.8. The minimum atomic E-state index is -5.05. The lowest BCUT2D eigenvalue weighted by Crippen LogP contribution is -2.18. The third-order valence-corrected chi connectivity index (χ3v) is 2.07. The largest absolute Gasteiger partial charge is 0.462 e. The molecule has 1 heterocycles. The second-order valence-corrected chi connectivity index (χ2v) is 3.38. The Bertz CT molecular complexity index is 488. The molecule has 0 fully saturated rings. The molecule has 1 aromatic rings. The third kappa shape index (κ3) is 3.30. The topological polar surface area (TPSA) is 65.2 Å². The van der Waals surface area contributed by atoms with Gasteiger partial charge in [-0.15, -0.1) is 0 Å². The van der Waals surface area contributed by atoms with Crippen LogP contribution in [0.15, 0.2) is 6.07 Å². The van der Waals surface area contributed by atoms with Gasteiger partial charge in [0.1, 0.15) is 5.69 Å². The first-order valence-electron chi connectivity index (χ1n) is 5.01. The molecule has 0 spiro atoms. The summed E-state index contributed by atoms with van der Waals surface area (Å²) in [6.07, 6.45) is -8.31. The van der Waals surface area contributed by atoms with Gasteiger partial charge in [-0.2, -0.15) is 13.2 Å². The Balaban J connectivity index is 3.46. The Morgan fingerprint density at radius 3 is 2.47 bits per heavy atom. The number of hydrogen-bond acceptors (Lipinski definition) is 4. The summed E-state index contributed by atoms with van der Waals surface area (Å²) >= 11 is 0. The number of nitrogens with zero attached hydrogens (tertiary/aromatic N) is 1. The van der Waals surface area contributed by atoms with E-state index in [-0.39, 0.29) is 6.61 Å². The summed E-state index contributed by atoms with van der Waals surface area (Å²) in [6.45, 7) is 1.28. The molecule has 1 rings (SSSR count). The summed E-state index contributed by atoms with van der Waals surface area (Å²) in [5, 5.41) is 0. The zero-order valence-corrected chi connectivity index (χ0v) is 9.59. The van der Waals surface area contributed by atoms with Gasteiger partial charge in [0.05, 0.1) is 17.9 Å². The summed E-state index contributed by atoms with van der Waals surface area (Å²) in [6, 6.07) is 0.493. The van der Waals surface area contributed by atoms with Crippen molar-refractivity contribution in [1.29, 1.82) is 0 Å². The zero-order valence-electron chi connectivity index (χ0n) is 9.59. The Morgan fingerprint density at radius 1 is 1.47 bits per heavy atom. The van der Waals surface area contributed by atoms with Crippen LogP contribution in [0.1, 0.15) is 35.1 Å². The van der Waals surface area contributed by atoms with E-state index >= 15 is 0 Å². The van der Waals surface area contributed by atoms with Crippen LogP contribution in [-0.4, -0.2) is 17.6 Å². The van der Waals surface area contributed by atoms with Crippen molar-refractivity contribution in [3.05, 3.63) is 23.0 Å². The number of rotatable bonds is 3. The van der Waals surface area contributed by atoms with Crippen molar-refractivity contribution in [1.82, 2.24) is 4.98 Å². The van der Waals surface area contributed by atoms with Crippen molar-refractivity contribution >= 4 is 11.7 Å². The van der Waals surface area contributed by atoms with Crippen molar-refractivity contribution in [2.75, 3.05) is 12.3 Å². The molecule has 0 saturated heterocycles. The number of halogens is 5. The number of aromatic nitrogens is 1. The maximum absolute atomic E-state index is 12.6. The van der Waals surface area contributed by atoms with Crippen LogP contribution in [0.2, 0.25) is 0 Å². The van der Waals surface area contributed by atoms with Gasteiger partial charge in [-0.1, -0.05) is 0 Å². The molecule has 0 aliphatic rings. The van der Waals surface area contributed by atoms with Crippen LogP contribution in [0.3, 0.4) is 0 Å². The van der Waals surface area contributed by atoms with Gasteiger partial charge in [0.2, 0.25) is 0 Å². The highest BCUT2D eigenvalue weighted by molar-refractivity contribution is 5.95. The second kappa shape index (κ2) is 5.37. The van der Waals surface area contributed by atoms with Gasteiger partial charge in [-0.25, -0.2) is 18.6 Å². The number of carbonyl (C=O) groups excluding carboxylic acids is 1. The van der Waals surface area contributed by atoms with Gasteiger partial charge in [-0.05, 0) is 13.0 Å². The number of esters is 1. The van der Waals surface area contributed by atoms with E-state index in [2.05, 4.69) is 9.72 Å². The Labute approximate surface area is 104 Å². The predicted molar refractivity (Wildman–Crippen MR) is 54.6 cm³/mol. The molecule has 0 unspecified atom stereocenters. The van der Waals surface area contributed by atoms with Crippen molar-refractivity contribution in [3.8, 4) is 0 Å². The van der Waals surface area contributed by atoms with Crippen LogP contribution >= 0.6 is 0 Å². The van der Waals surface area contributed by atoms with Crippen LogP contribution in [0, 0.1) is 0 Å². The van der Waals surface area contributed by atoms with Crippen molar-refractivity contribution in [2.24, 2.45) is 0 Å². The molecule has 0 amide bonds. The lowest BCUT2D eigenvalue weighted by molar-refractivity contribution is -0.140. The summed E-state index contributed by atoms with van der Waals surface area (Å²) in [4.78, 5) is 14.1. The normalized spacial score (nSPS) is 11.7. The first-order valence-corrected chi connectivity index (χ1v) is 5.01. The highest BCUT2D eigenvalue weighted by Gasteiger charge is 2.38. The van der Waals surface area contributed by atoms with Crippen LogP contribution in [0.5, 0.6) is 0 Å². The number of carbonyl (C=O) groups is 1. The fourth-order valence-electron chi connectivity index (χ4n) is 1.28. The molecule has 1 aromatic heterocycles. The van der Waals surface area contributed by atoms with E-state index in [9.17, 15) is 26.7 Å². The SMILES string of the molecule is CCOC(=O)c1cc(C(F)F)nc(C(F)(F)F)c1N. The van der Waals surface area contributed by atoms with Crippen LogP contribution in [-0.2, 0) is 10.9 Å². The monoisotopic (exact) mass is 284 g/mol. The standard InChI is InChI=1S/C10H9F5N2O2/c1-2-19-9(18)4-3-5(8(11)12)17-7(6(4)16)10(13,14)15/h3,8H,2,16H2,1H3. The van der Waals surface area contributed by atoms with Crippen LogP contribution in [0.25, 0.3) is 0 Å². The van der Waals surface area contributed by atoms with E-state index in [1.165, 1.54) is 6.92 Å². The van der Waals surface area contributed by atoms with Gasteiger partial charge in [-0.3, -0.25) is 0 Å². The molecule has 0 atom stereocenters. The number of pyridine rings is 1. The molecule has 4 nitrogen and oxygen atoms in total. The summed E-state index contributed by atoms with van der Waals surface area (Å²) in [7, 11) is 0. The highest BCUT2D eigenvalue weighted by Crippen LogP contribution is 2.35. The molecular weight excluding hydrogens is 275 g/mol. The van der Waals surface area contributed by atoms with E-state index in [0.717, 1.165) is 0 Å². The quantitative estimate of drug-likeness (QED) is 0.684. The Morgan fingerprint density at radius 2 is 2.05 bits per heavy atom. The molecule has 106 valence electrons. The number of alkyl halides is 5. The van der Waals surface area contributed by atoms with Crippen LogP contribution in [0.4, 0.5) is 27.6 Å². The molecule has 0 radical (unpaired) electrons. The third-order valence-electron chi connectivity index (χ3n) is 2.07. The number of hydrogen-bond donors (Lipinski definition) is 1. The van der Waals surface area contributed by atoms with Gasteiger partial charge in [0.25, 0.3) is 6.43 Å². The summed E-state index contributed by atoms with van der Waals surface area (Å²) in [5.74, 6) is -1.21. The van der Waals surface area contributed by atoms with Gasteiger partial charge >= 0.3 is 12.1 Å². The van der Waals surface area contributed by atoms with E-state index in [1.54, 1.807) is 0 Å². The molecule has 0 aliphatic heterocycles. The van der Waals surface area contributed by atoms with Gasteiger partial charge < -0.3 is 10.5 Å². The maximum Gasteiger partial charge on any atom is 0.435 e. The summed E-state index contributed by atoms with van der Waals surface area (Å²) in [5.41, 5.74) is 0.413. The molecule has 2 N–H and O–H groups in total. The minimum absolute atomic E-state index is 0.133. The lowest BCUT2D eigenvalue weighted by atomic mass is 10.1. The Kier molecular flexibility index (Phi) is 4.28. The van der Waals surface area contributed by atoms with E-state index in [0.29, 0.717) is 6.07 Å². The van der Waals surface area contributed by atoms with E-state index < -0.39 is 41.2 Å². The molecule has 19 heavy (non-hydrogen) atoms. The number of ether oxygens (including phenoxy) is 1. The van der Waals surface area contributed by atoms with Gasteiger partial charge in [0, 0.05) is 0 Å². The molecular formula is C10H9F5N2O2. The average Bonchev–Trinajstić information content (AvgIpc) is 2.27. The lowest BCUT2D eigenvalue weighted by Gasteiger charge is -2.14. The molecule has 9 heteroatoms. The van der Waals surface area contributed by atoms with Crippen LogP contribution < -0.4 is 5.73 Å². The number of anilines is 1. The smallest absolute Gasteiger partial charge is 0.435 e. The fraction of sp³-hybridized carbons (Fsp3) is 0.400. The van der Waals surface area contributed by atoms with Crippen molar-refractivity contribution in [2.45, 2.75) is 19.5 Å². The Hall–Kier alpha value is -1.93. The first-order chi connectivity index (χ1) is 8.68. The molecule has 0 aromatic carbocycles. The van der Waals surface area contributed by atoms with Crippen molar-refractivity contribution < 1.29 is 31.5 Å². The van der Waals surface area contributed by atoms with E-state index in [1.807, 2.05) is 0 Å². The predicted octanol–water partition coefficient (Wildman–Crippen LogP) is 2.80. The van der Waals surface area contributed by atoms with E-state index in [4.69, 9.17) is 5.73 Å². The summed E-state index contributed by atoms with van der Waals surface area (Å²) < 4.78 is 67.1. The first kappa shape index (κ1) is 15.1. The minimum Gasteiger partial charge on any atom is -0.462 e. The molecule has 0 saturated carbocycles. The molecule has 0 aliphatic carbocycles. The van der Waals surface area contributed by atoms with Gasteiger partial charge in [0.15, 0.2) is 5.69 Å². The number of nitrogens with two attached hydrogens (primary N) is 1. The maximum atomic E-state index is 12.6. The van der Waals surface area contributed by atoms with Crippen molar-refractivity contribution in [3.63, 3.8) is 0 Å². The fourth-order valence-corrected chi connectivity index (χ4v) is 1.28. The highest BCUT2D eigenvalue weighted by atomic mass is 19.4. The average molecular weight is 284 g/mol. The second-order valence-electron chi connectivity index (χ2n) is 3.38. The molecule has 0 bridgehead atoms. The number of nitrogen functional groups attached to an aromatic ring is 1.